The molecule has 0 saturated carbocycles. The lowest BCUT2D eigenvalue weighted by atomic mass is 9.64. The van der Waals surface area contributed by atoms with Gasteiger partial charge in [0.05, 0.1) is 23.5 Å². The molecule has 29 heavy (non-hydrogen) atoms. The van der Waals surface area contributed by atoms with E-state index >= 15 is 0 Å². The number of aliphatic hydroxyl groups is 2. The molecule has 0 spiro atoms. The van der Waals surface area contributed by atoms with E-state index in [-0.39, 0.29) is 29.7 Å². The fourth-order valence-corrected chi connectivity index (χ4v) is 4.59. The molecule has 0 aromatic heterocycles. The number of hydrogen-bond acceptors (Lipinski definition) is 7. The molecule has 0 bridgehead atoms. The number of aromatic hydroxyl groups is 1. The van der Waals surface area contributed by atoms with E-state index in [2.05, 4.69) is 0 Å². The van der Waals surface area contributed by atoms with Crippen LogP contribution in [0.3, 0.4) is 0 Å². The van der Waals surface area contributed by atoms with Crippen molar-refractivity contribution in [1.29, 1.82) is 0 Å². The van der Waals surface area contributed by atoms with Gasteiger partial charge in [-0.3, -0.25) is 19.2 Å². The number of aliphatic hydroxyl groups excluding tert-OH is 2. The zero-order valence-electron chi connectivity index (χ0n) is 16.0. The van der Waals surface area contributed by atoms with Crippen molar-refractivity contribution in [3.8, 4) is 5.75 Å². The molecule has 0 saturated heterocycles. The SMILES string of the molecule is CC(=O)c1ccc2c(c1O)C(=O)C1=C(O)C(C(=O)CC(N)=O)C(CCO)CC1C2. The fourth-order valence-electron chi connectivity index (χ4n) is 4.59. The zero-order valence-corrected chi connectivity index (χ0v) is 16.0. The van der Waals surface area contributed by atoms with Gasteiger partial charge in [-0.2, -0.15) is 0 Å². The molecule has 0 heterocycles. The van der Waals surface area contributed by atoms with Crippen molar-refractivity contribution in [2.24, 2.45) is 23.5 Å². The van der Waals surface area contributed by atoms with E-state index in [0.29, 0.717) is 18.4 Å². The Labute approximate surface area is 167 Å². The van der Waals surface area contributed by atoms with Gasteiger partial charge in [-0.15, -0.1) is 0 Å². The maximum atomic E-state index is 13.2. The Morgan fingerprint density at radius 2 is 1.90 bits per heavy atom. The summed E-state index contributed by atoms with van der Waals surface area (Å²) in [5, 5.41) is 30.7. The molecular weight excluding hydrogens is 378 g/mol. The standard InChI is InChI=1S/C21H23NO7/c1-9(24)13-3-2-10-6-12-7-11(4-5-23)16(14(25)8-15(22)26)20(28)18(12)21(29)17(10)19(13)27/h2-3,11-12,16,23,27-28H,4-8H2,1H3,(H2,22,26). The third-order valence-electron chi connectivity index (χ3n) is 5.81. The highest BCUT2D eigenvalue weighted by Gasteiger charge is 2.46. The summed E-state index contributed by atoms with van der Waals surface area (Å²) in [6.45, 7) is 1.06. The number of nitrogens with two attached hydrogens (primary N) is 1. The second-order valence-corrected chi connectivity index (χ2v) is 7.68. The second kappa shape index (κ2) is 7.79. The number of fused-ring (bicyclic) bond motifs is 2. The van der Waals surface area contributed by atoms with Crippen molar-refractivity contribution in [2.45, 2.75) is 32.6 Å². The molecular formula is C21H23NO7. The van der Waals surface area contributed by atoms with Crippen molar-refractivity contribution in [3.05, 3.63) is 40.2 Å². The minimum atomic E-state index is -1.12. The van der Waals surface area contributed by atoms with Crippen LogP contribution in [0, 0.1) is 17.8 Å². The summed E-state index contributed by atoms with van der Waals surface area (Å²) in [4.78, 5) is 48.7. The molecule has 8 nitrogen and oxygen atoms in total. The second-order valence-electron chi connectivity index (χ2n) is 7.68. The van der Waals surface area contributed by atoms with Crippen LogP contribution in [0.4, 0.5) is 0 Å². The van der Waals surface area contributed by atoms with E-state index in [4.69, 9.17) is 5.73 Å². The molecule has 5 N–H and O–H groups in total. The average Bonchev–Trinajstić information content (AvgIpc) is 2.60. The Bertz CT molecular complexity index is 947. The normalized spacial score (nSPS) is 23.4. The number of allylic oxidation sites excluding steroid dienone is 2. The highest BCUT2D eigenvalue weighted by Crippen LogP contribution is 2.47. The summed E-state index contributed by atoms with van der Waals surface area (Å²) >= 11 is 0. The van der Waals surface area contributed by atoms with Crippen molar-refractivity contribution < 1.29 is 34.5 Å². The first-order valence-corrected chi connectivity index (χ1v) is 9.42. The molecule has 0 fully saturated rings. The third-order valence-corrected chi connectivity index (χ3v) is 5.81. The topological polar surface area (TPSA) is 155 Å². The number of phenols is 1. The van der Waals surface area contributed by atoms with Crippen LogP contribution < -0.4 is 5.73 Å². The van der Waals surface area contributed by atoms with Gasteiger partial charge in [0.1, 0.15) is 11.5 Å². The van der Waals surface area contributed by atoms with E-state index in [1.165, 1.54) is 13.0 Å². The van der Waals surface area contributed by atoms with E-state index in [1.807, 2.05) is 0 Å². The van der Waals surface area contributed by atoms with Gasteiger partial charge >= 0.3 is 0 Å². The van der Waals surface area contributed by atoms with Crippen molar-refractivity contribution in [1.82, 2.24) is 0 Å². The number of ketones is 3. The quantitative estimate of drug-likeness (QED) is 0.413. The molecule has 1 aromatic rings. The molecule has 3 atom stereocenters. The number of carbonyl (C=O) groups is 4. The Kier molecular flexibility index (Phi) is 5.57. The largest absolute Gasteiger partial charge is 0.511 e. The van der Waals surface area contributed by atoms with E-state index in [0.717, 1.165) is 0 Å². The molecule has 0 radical (unpaired) electrons. The number of hydrogen-bond donors (Lipinski definition) is 4. The summed E-state index contributed by atoms with van der Waals surface area (Å²) in [7, 11) is 0. The first-order valence-electron chi connectivity index (χ1n) is 9.42. The number of benzene rings is 1. The van der Waals surface area contributed by atoms with Crippen LogP contribution in [-0.2, 0) is 16.0 Å². The van der Waals surface area contributed by atoms with Crippen LogP contribution in [0.1, 0.15) is 52.5 Å². The maximum absolute atomic E-state index is 13.2. The van der Waals surface area contributed by atoms with Gasteiger partial charge < -0.3 is 21.1 Å². The summed E-state index contributed by atoms with van der Waals surface area (Å²) in [6.07, 6.45) is 0.331. The molecule has 3 rings (SSSR count). The maximum Gasteiger partial charge on any atom is 0.224 e. The zero-order chi connectivity index (χ0) is 21.5. The lowest BCUT2D eigenvalue weighted by Gasteiger charge is -2.38. The Hall–Kier alpha value is -3.00. The number of amides is 1. The molecule has 2 aliphatic rings. The minimum absolute atomic E-state index is 0.00552. The van der Waals surface area contributed by atoms with Gasteiger partial charge in [0.25, 0.3) is 0 Å². The van der Waals surface area contributed by atoms with E-state index in [9.17, 15) is 34.5 Å². The van der Waals surface area contributed by atoms with Gasteiger partial charge in [0.2, 0.25) is 5.91 Å². The van der Waals surface area contributed by atoms with Gasteiger partial charge in [0, 0.05) is 12.2 Å². The van der Waals surface area contributed by atoms with E-state index in [1.54, 1.807) is 6.07 Å². The summed E-state index contributed by atoms with van der Waals surface area (Å²) in [5.74, 6) is -5.32. The number of rotatable bonds is 6. The monoisotopic (exact) mass is 401 g/mol. The predicted octanol–water partition coefficient (Wildman–Crippen LogP) is 1.22. The van der Waals surface area contributed by atoms with Crippen LogP contribution >= 0.6 is 0 Å². The molecule has 3 unspecified atom stereocenters. The lowest BCUT2D eigenvalue weighted by Crippen LogP contribution is -2.40. The third kappa shape index (κ3) is 3.55. The van der Waals surface area contributed by atoms with Gasteiger partial charge in [-0.1, -0.05) is 6.07 Å². The predicted molar refractivity (Wildman–Crippen MR) is 101 cm³/mol. The first-order chi connectivity index (χ1) is 13.7. The molecule has 1 aromatic carbocycles. The van der Waals surface area contributed by atoms with Crippen molar-refractivity contribution in [3.63, 3.8) is 0 Å². The Balaban J connectivity index is 2.12. The van der Waals surface area contributed by atoms with Crippen LogP contribution in [-0.4, -0.2) is 45.2 Å². The summed E-state index contributed by atoms with van der Waals surface area (Å²) in [6, 6.07) is 3.08. The fraction of sp³-hybridized carbons (Fsp3) is 0.429. The lowest BCUT2D eigenvalue weighted by molar-refractivity contribution is -0.130. The van der Waals surface area contributed by atoms with Crippen LogP contribution in [0.15, 0.2) is 23.5 Å². The number of primary amides is 1. The highest BCUT2D eigenvalue weighted by atomic mass is 16.3. The molecule has 154 valence electrons. The van der Waals surface area contributed by atoms with Crippen LogP contribution in [0.5, 0.6) is 5.75 Å². The van der Waals surface area contributed by atoms with Crippen molar-refractivity contribution in [2.75, 3.05) is 6.61 Å². The average molecular weight is 401 g/mol. The highest BCUT2D eigenvalue weighted by molar-refractivity contribution is 6.15. The Morgan fingerprint density at radius 3 is 2.48 bits per heavy atom. The Morgan fingerprint density at radius 1 is 1.21 bits per heavy atom. The van der Waals surface area contributed by atoms with Crippen LogP contribution in [0.25, 0.3) is 0 Å². The summed E-state index contributed by atoms with van der Waals surface area (Å²) < 4.78 is 0. The summed E-state index contributed by atoms with van der Waals surface area (Å²) in [5.41, 5.74) is 5.65. The number of phenolic OH excluding ortho intramolecular Hbond substituents is 1. The minimum Gasteiger partial charge on any atom is -0.511 e. The van der Waals surface area contributed by atoms with Gasteiger partial charge in [-0.05, 0) is 49.7 Å². The van der Waals surface area contributed by atoms with Crippen molar-refractivity contribution >= 4 is 23.3 Å². The van der Waals surface area contributed by atoms with Crippen LogP contribution in [0.2, 0.25) is 0 Å². The van der Waals surface area contributed by atoms with E-state index < -0.39 is 58.9 Å². The van der Waals surface area contributed by atoms with Gasteiger partial charge in [0.15, 0.2) is 17.3 Å². The first kappa shape index (κ1) is 20.7. The molecule has 2 aliphatic carbocycles. The number of carbonyl (C=O) groups excluding carboxylic acids is 4. The molecule has 8 heteroatoms. The van der Waals surface area contributed by atoms with Gasteiger partial charge in [-0.25, -0.2) is 0 Å². The number of Topliss-reactive ketones (excluding diaryl/α,β-unsaturated/α-hetero) is 3. The smallest absolute Gasteiger partial charge is 0.224 e. The molecule has 0 aliphatic heterocycles. The molecule has 1 amide bonds.